The van der Waals surface area contributed by atoms with Crippen LogP contribution in [-0.4, -0.2) is 0 Å². The van der Waals surface area contributed by atoms with Gasteiger partial charge in [0.25, 0.3) is 0 Å². The van der Waals surface area contributed by atoms with Crippen molar-refractivity contribution in [2.45, 2.75) is 32.7 Å². The van der Waals surface area contributed by atoms with Crippen LogP contribution in [0.2, 0.25) is 0 Å². The maximum atomic E-state index is 3.59. The number of nitrogens with one attached hydrogen (secondary N) is 1. The minimum Gasteiger partial charge on any atom is -0.377 e. The standard InChI is InChI=1S/C15H19NS/c1-3-12-7-9-13(10-8-12)16-14(4-2)15-6-5-11-17-15/h5-11,14,16H,3-4H2,1-2H3. The van der Waals surface area contributed by atoms with Crippen LogP contribution in [0.15, 0.2) is 41.8 Å². The van der Waals surface area contributed by atoms with Gasteiger partial charge in [-0.15, -0.1) is 11.3 Å². The number of aryl methyl sites for hydroxylation is 1. The molecule has 1 aromatic carbocycles. The molecule has 1 unspecified atom stereocenters. The lowest BCUT2D eigenvalue weighted by Gasteiger charge is -2.17. The van der Waals surface area contributed by atoms with E-state index >= 15 is 0 Å². The van der Waals surface area contributed by atoms with Crippen molar-refractivity contribution in [2.75, 3.05) is 5.32 Å². The molecule has 1 aromatic heterocycles. The summed E-state index contributed by atoms with van der Waals surface area (Å²) in [7, 11) is 0. The van der Waals surface area contributed by atoms with Crippen molar-refractivity contribution in [3.8, 4) is 0 Å². The van der Waals surface area contributed by atoms with E-state index < -0.39 is 0 Å². The van der Waals surface area contributed by atoms with Crippen molar-refractivity contribution < 1.29 is 0 Å². The Hall–Kier alpha value is -1.28. The molecule has 2 heteroatoms. The Kier molecular flexibility index (Phi) is 4.21. The largest absolute Gasteiger partial charge is 0.377 e. The van der Waals surface area contributed by atoms with Crippen LogP contribution in [0.5, 0.6) is 0 Å². The first kappa shape index (κ1) is 12.2. The molecule has 0 bridgehead atoms. The van der Waals surface area contributed by atoms with E-state index in [-0.39, 0.29) is 0 Å². The third kappa shape index (κ3) is 3.10. The van der Waals surface area contributed by atoms with Crippen molar-refractivity contribution >= 4 is 17.0 Å². The van der Waals surface area contributed by atoms with Gasteiger partial charge in [-0.2, -0.15) is 0 Å². The molecule has 0 aliphatic rings. The zero-order valence-corrected chi connectivity index (χ0v) is 11.3. The summed E-state index contributed by atoms with van der Waals surface area (Å²) >= 11 is 1.82. The number of hydrogen-bond donors (Lipinski definition) is 1. The van der Waals surface area contributed by atoms with Gasteiger partial charge in [-0.3, -0.25) is 0 Å². The van der Waals surface area contributed by atoms with E-state index in [1.165, 1.54) is 16.1 Å². The smallest absolute Gasteiger partial charge is 0.0603 e. The summed E-state index contributed by atoms with van der Waals surface area (Å²) < 4.78 is 0. The van der Waals surface area contributed by atoms with Crippen LogP contribution < -0.4 is 5.32 Å². The monoisotopic (exact) mass is 245 g/mol. The first-order chi connectivity index (χ1) is 8.33. The third-order valence-corrected chi connectivity index (χ3v) is 3.98. The van der Waals surface area contributed by atoms with E-state index in [4.69, 9.17) is 0 Å². The summed E-state index contributed by atoms with van der Waals surface area (Å²) in [5, 5.41) is 5.73. The summed E-state index contributed by atoms with van der Waals surface area (Å²) in [6.45, 7) is 4.40. The Labute approximate surface area is 108 Å². The SMILES string of the molecule is CCc1ccc(NC(CC)c2cccs2)cc1. The lowest BCUT2D eigenvalue weighted by atomic mass is 10.1. The van der Waals surface area contributed by atoms with E-state index in [0.29, 0.717) is 6.04 Å². The molecule has 1 nitrogen and oxygen atoms in total. The number of benzene rings is 1. The van der Waals surface area contributed by atoms with E-state index in [1.807, 2.05) is 11.3 Å². The molecule has 0 aliphatic carbocycles. The zero-order chi connectivity index (χ0) is 12.1. The Bertz CT molecular complexity index is 430. The van der Waals surface area contributed by atoms with Gasteiger partial charge in [0, 0.05) is 10.6 Å². The second-order valence-corrected chi connectivity index (χ2v) is 5.15. The maximum Gasteiger partial charge on any atom is 0.0603 e. The average molecular weight is 245 g/mol. The summed E-state index contributed by atoms with van der Waals surface area (Å²) in [4.78, 5) is 1.41. The van der Waals surface area contributed by atoms with Crippen LogP contribution >= 0.6 is 11.3 Å². The fourth-order valence-electron chi connectivity index (χ4n) is 1.90. The lowest BCUT2D eigenvalue weighted by molar-refractivity contribution is 0.764. The molecule has 0 saturated heterocycles. The molecule has 1 atom stereocenters. The minimum atomic E-state index is 0.433. The van der Waals surface area contributed by atoms with Gasteiger partial charge < -0.3 is 5.32 Å². The van der Waals surface area contributed by atoms with Gasteiger partial charge in [-0.25, -0.2) is 0 Å². The van der Waals surface area contributed by atoms with Crippen molar-refractivity contribution in [1.82, 2.24) is 0 Å². The van der Waals surface area contributed by atoms with Crippen LogP contribution in [0.1, 0.15) is 36.8 Å². The first-order valence-corrected chi connectivity index (χ1v) is 7.10. The summed E-state index contributed by atoms with van der Waals surface area (Å²) in [5.74, 6) is 0. The predicted octanol–water partition coefficient (Wildman–Crippen LogP) is 4.87. The van der Waals surface area contributed by atoms with Crippen LogP contribution in [-0.2, 0) is 6.42 Å². The van der Waals surface area contributed by atoms with Gasteiger partial charge in [-0.1, -0.05) is 32.0 Å². The second-order valence-electron chi connectivity index (χ2n) is 4.17. The van der Waals surface area contributed by atoms with Crippen LogP contribution in [0.4, 0.5) is 5.69 Å². The van der Waals surface area contributed by atoms with Crippen LogP contribution in [0.25, 0.3) is 0 Å². The van der Waals surface area contributed by atoms with Crippen molar-refractivity contribution in [1.29, 1.82) is 0 Å². The minimum absolute atomic E-state index is 0.433. The molecule has 0 amide bonds. The van der Waals surface area contributed by atoms with E-state index in [0.717, 1.165) is 12.8 Å². The second kappa shape index (κ2) is 5.87. The summed E-state index contributed by atoms with van der Waals surface area (Å²) in [5.41, 5.74) is 2.60. The predicted molar refractivity (Wildman–Crippen MR) is 76.8 cm³/mol. The molecule has 0 aliphatic heterocycles. The van der Waals surface area contributed by atoms with Crippen LogP contribution in [0.3, 0.4) is 0 Å². The highest BCUT2D eigenvalue weighted by Gasteiger charge is 2.09. The third-order valence-electron chi connectivity index (χ3n) is 3.00. The molecule has 0 radical (unpaired) electrons. The molecular weight excluding hydrogens is 226 g/mol. The Morgan fingerprint density at radius 3 is 2.41 bits per heavy atom. The Morgan fingerprint density at radius 1 is 1.12 bits per heavy atom. The first-order valence-electron chi connectivity index (χ1n) is 6.22. The van der Waals surface area contributed by atoms with Crippen LogP contribution in [0, 0.1) is 0 Å². The highest BCUT2D eigenvalue weighted by atomic mass is 32.1. The fourth-order valence-corrected chi connectivity index (χ4v) is 2.76. The van der Waals surface area contributed by atoms with Gasteiger partial charge in [0.2, 0.25) is 0 Å². The Morgan fingerprint density at radius 2 is 1.88 bits per heavy atom. The van der Waals surface area contributed by atoms with Crippen molar-refractivity contribution in [3.63, 3.8) is 0 Å². The van der Waals surface area contributed by atoms with E-state index in [2.05, 4.69) is 60.9 Å². The van der Waals surface area contributed by atoms with Gasteiger partial charge >= 0.3 is 0 Å². The molecule has 2 rings (SSSR count). The number of rotatable bonds is 5. The van der Waals surface area contributed by atoms with Gasteiger partial charge in [0.05, 0.1) is 6.04 Å². The topological polar surface area (TPSA) is 12.0 Å². The normalized spacial score (nSPS) is 12.4. The molecule has 0 fully saturated rings. The van der Waals surface area contributed by atoms with Crippen molar-refractivity contribution in [2.24, 2.45) is 0 Å². The molecular formula is C15H19NS. The zero-order valence-electron chi connectivity index (χ0n) is 10.4. The highest BCUT2D eigenvalue weighted by Crippen LogP contribution is 2.26. The lowest BCUT2D eigenvalue weighted by Crippen LogP contribution is -2.07. The molecule has 2 aromatic rings. The Balaban J connectivity index is 2.07. The summed E-state index contributed by atoms with van der Waals surface area (Å²) in [6, 6.07) is 13.5. The van der Waals surface area contributed by atoms with Crippen molar-refractivity contribution in [3.05, 3.63) is 52.2 Å². The molecule has 90 valence electrons. The average Bonchev–Trinajstić information content (AvgIpc) is 2.90. The fraction of sp³-hybridized carbons (Fsp3) is 0.333. The highest BCUT2D eigenvalue weighted by molar-refractivity contribution is 7.10. The molecule has 1 N–H and O–H groups in total. The number of hydrogen-bond acceptors (Lipinski definition) is 2. The number of thiophene rings is 1. The maximum absolute atomic E-state index is 3.59. The van der Waals surface area contributed by atoms with E-state index in [1.54, 1.807) is 0 Å². The molecule has 0 spiro atoms. The number of anilines is 1. The molecule has 0 saturated carbocycles. The quantitative estimate of drug-likeness (QED) is 0.792. The van der Waals surface area contributed by atoms with Gasteiger partial charge in [0.15, 0.2) is 0 Å². The van der Waals surface area contributed by atoms with Gasteiger partial charge in [0.1, 0.15) is 0 Å². The van der Waals surface area contributed by atoms with E-state index in [9.17, 15) is 0 Å². The molecule has 1 heterocycles. The summed E-state index contributed by atoms with van der Waals surface area (Å²) in [6.07, 6.45) is 2.21. The van der Waals surface area contributed by atoms with Gasteiger partial charge in [-0.05, 0) is 42.0 Å². The molecule has 17 heavy (non-hydrogen) atoms.